The predicted molar refractivity (Wildman–Crippen MR) is 107 cm³/mol. The number of nitrogens with zero attached hydrogens (tertiary/aromatic N) is 1. The summed E-state index contributed by atoms with van der Waals surface area (Å²) in [5.41, 5.74) is 3.49. The van der Waals surface area contributed by atoms with Gasteiger partial charge in [0.1, 0.15) is 0 Å². The van der Waals surface area contributed by atoms with Crippen LogP contribution < -0.4 is 10.6 Å². The number of aryl methyl sites for hydroxylation is 1. The summed E-state index contributed by atoms with van der Waals surface area (Å²) in [6.07, 6.45) is 1.95. The van der Waals surface area contributed by atoms with Gasteiger partial charge in [0.25, 0.3) is 0 Å². The van der Waals surface area contributed by atoms with Gasteiger partial charge in [-0.05, 0) is 18.6 Å². The normalized spacial score (nSPS) is 16.6. The number of ether oxygens (including phenoxy) is 1. The quantitative estimate of drug-likeness (QED) is 0.686. The number of aromatic nitrogens is 1. The zero-order valence-corrected chi connectivity index (χ0v) is 15.7. The maximum absolute atomic E-state index is 12.9. The van der Waals surface area contributed by atoms with Crippen LogP contribution in [0.4, 0.5) is 4.79 Å². The molecule has 0 fully saturated rings. The van der Waals surface area contributed by atoms with E-state index in [1.165, 1.54) is 0 Å². The molecule has 6 nitrogen and oxygen atoms in total. The number of esters is 1. The van der Waals surface area contributed by atoms with Crippen LogP contribution in [0.25, 0.3) is 16.6 Å². The lowest BCUT2D eigenvalue weighted by atomic mass is 9.92. The first kappa shape index (κ1) is 17.9. The maximum Gasteiger partial charge on any atom is 0.338 e. The third-order valence-corrected chi connectivity index (χ3v) is 4.87. The van der Waals surface area contributed by atoms with Crippen molar-refractivity contribution in [1.82, 2.24) is 15.2 Å². The molecule has 1 aliphatic rings. The Balaban J connectivity index is 1.96. The summed E-state index contributed by atoms with van der Waals surface area (Å²) in [4.78, 5) is 25.4. The van der Waals surface area contributed by atoms with Crippen molar-refractivity contribution in [2.24, 2.45) is 7.05 Å². The molecule has 1 aliphatic heterocycles. The Morgan fingerprint density at radius 1 is 1.11 bits per heavy atom. The summed E-state index contributed by atoms with van der Waals surface area (Å²) in [6, 6.07) is 16.3. The van der Waals surface area contributed by atoms with Gasteiger partial charge in [0, 0.05) is 29.7 Å². The van der Waals surface area contributed by atoms with Gasteiger partial charge in [-0.15, -0.1) is 0 Å². The van der Waals surface area contributed by atoms with Crippen molar-refractivity contribution < 1.29 is 14.3 Å². The standard InChI is InChI=1S/C22H21N3O3/c1-3-28-21(26)18-19(14-9-5-4-6-10-14)23-22(27)24-20(18)16-13-25(2)17-12-8-7-11-15(16)17/h4-13,20H,3H2,1-2H3,(H2,23,24,27). The number of urea groups is 1. The van der Waals surface area contributed by atoms with Crippen molar-refractivity contribution in [2.45, 2.75) is 13.0 Å². The van der Waals surface area contributed by atoms with Crippen molar-refractivity contribution in [3.63, 3.8) is 0 Å². The minimum absolute atomic E-state index is 0.251. The summed E-state index contributed by atoms with van der Waals surface area (Å²) < 4.78 is 7.33. The number of rotatable bonds is 4. The monoisotopic (exact) mass is 375 g/mol. The molecule has 2 aromatic carbocycles. The molecule has 2 N–H and O–H groups in total. The molecule has 2 amide bonds. The molecule has 1 aromatic heterocycles. The predicted octanol–water partition coefficient (Wildman–Crippen LogP) is 3.51. The van der Waals surface area contributed by atoms with E-state index in [-0.39, 0.29) is 12.6 Å². The van der Waals surface area contributed by atoms with Crippen molar-refractivity contribution in [3.8, 4) is 0 Å². The number of amides is 2. The zero-order valence-electron chi connectivity index (χ0n) is 15.7. The summed E-state index contributed by atoms with van der Waals surface area (Å²) in [5.74, 6) is -0.452. The number of benzene rings is 2. The number of carbonyl (C=O) groups excluding carboxylic acids is 2. The van der Waals surface area contributed by atoms with Crippen LogP contribution in [0, 0.1) is 0 Å². The Morgan fingerprint density at radius 3 is 2.57 bits per heavy atom. The number of nitrogens with one attached hydrogen (secondary N) is 2. The van der Waals surface area contributed by atoms with Gasteiger partial charge in [0.15, 0.2) is 0 Å². The van der Waals surface area contributed by atoms with Crippen LogP contribution in [0.2, 0.25) is 0 Å². The topological polar surface area (TPSA) is 72.4 Å². The minimum Gasteiger partial charge on any atom is -0.463 e. The molecule has 0 bridgehead atoms. The highest BCUT2D eigenvalue weighted by atomic mass is 16.5. The fourth-order valence-corrected chi connectivity index (χ4v) is 3.66. The van der Waals surface area contributed by atoms with E-state index in [1.807, 2.05) is 72.4 Å². The highest BCUT2D eigenvalue weighted by molar-refractivity contribution is 6.05. The van der Waals surface area contributed by atoms with Gasteiger partial charge >= 0.3 is 12.0 Å². The van der Waals surface area contributed by atoms with E-state index in [0.29, 0.717) is 11.3 Å². The number of para-hydroxylation sites is 1. The summed E-state index contributed by atoms with van der Waals surface area (Å²) in [5, 5.41) is 6.68. The number of carbonyl (C=O) groups is 2. The molecule has 4 rings (SSSR count). The third-order valence-electron chi connectivity index (χ3n) is 4.87. The van der Waals surface area contributed by atoms with Gasteiger partial charge in [-0.1, -0.05) is 48.5 Å². The molecule has 1 unspecified atom stereocenters. The van der Waals surface area contributed by atoms with Gasteiger partial charge in [-0.2, -0.15) is 0 Å². The Kier molecular flexibility index (Phi) is 4.61. The minimum atomic E-state index is -0.617. The van der Waals surface area contributed by atoms with Gasteiger partial charge < -0.3 is 19.9 Å². The van der Waals surface area contributed by atoms with Crippen molar-refractivity contribution >= 4 is 28.6 Å². The second-order valence-electron chi connectivity index (χ2n) is 6.62. The molecule has 0 aliphatic carbocycles. The highest BCUT2D eigenvalue weighted by Crippen LogP contribution is 2.36. The van der Waals surface area contributed by atoms with Crippen LogP contribution in [-0.2, 0) is 16.6 Å². The summed E-state index contributed by atoms with van der Waals surface area (Å²) in [7, 11) is 1.95. The molecule has 3 aromatic rings. The van der Waals surface area contributed by atoms with Gasteiger partial charge in [-0.25, -0.2) is 9.59 Å². The van der Waals surface area contributed by atoms with Crippen LogP contribution in [-0.4, -0.2) is 23.2 Å². The Morgan fingerprint density at radius 2 is 1.82 bits per heavy atom. The van der Waals surface area contributed by atoms with Crippen LogP contribution in [0.15, 0.2) is 66.4 Å². The van der Waals surface area contributed by atoms with Crippen molar-refractivity contribution in [2.75, 3.05) is 6.61 Å². The molecular weight excluding hydrogens is 354 g/mol. The second-order valence-corrected chi connectivity index (χ2v) is 6.62. The third kappa shape index (κ3) is 3.03. The van der Waals surface area contributed by atoms with Crippen LogP contribution >= 0.6 is 0 Å². The average Bonchev–Trinajstić information content (AvgIpc) is 3.05. The van der Waals surface area contributed by atoms with E-state index in [2.05, 4.69) is 10.6 Å². The Labute approximate surface area is 162 Å². The molecule has 1 atom stereocenters. The fraction of sp³-hybridized carbons (Fsp3) is 0.182. The zero-order chi connectivity index (χ0) is 19.7. The van der Waals surface area contributed by atoms with E-state index in [4.69, 9.17) is 4.74 Å². The molecule has 2 heterocycles. The SMILES string of the molecule is CCOC(=O)C1=C(c2ccccc2)NC(=O)NC1c1cn(C)c2ccccc12. The van der Waals surface area contributed by atoms with E-state index in [1.54, 1.807) is 6.92 Å². The second kappa shape index (κ2) is 7.23. The van der Waals surface area contributed by atoms with E-state index < -0.39 is 12.0 Å². The van der Waals surface area contributed by atoms with Crippen molar-refractivity contribution in [3.05, 3.63) is 77.5 Å². The maximum atomic E-state index is 12.9. The number of hydrogen-bond donors (Lipinski definition) is 2. The number of hydrogen-bond acceptors (Lipinski definition) is 3. The lowest BCUT2D eigenvalue weighted by molar-refractivity contribution is -0.138. The highest BCUT2D eigenvalue weighted by Gasteiger charge is 2.35. The molecule has 28 heavy (non-hydrogen) atoms. The average molecular weight is 375 g/mol. The molecule has 0 spiro atoms. The first-order chi connectivity index (χ1) is 13.6. The van der Waals surface area contributed by atoms with Gasteiger partial charge in [-0.3, -0.25) is 0 Å². The molecule has 6 heteroatoms. The van der Waals surface area contributed by atoms with Crippen LogP contribution in [0.3, 0.4) is 0 Å². The molecule has 0 saturated carbocycles. The van der Waals surface area contributed by atoms with Crippen LogP contribution in [0.1, 0.15) is 24.1 Å². The van der Waals surface area contributed by atoms with Crippen molar-refractivity contribution in [1.29, 1.82) is 0 Å². The van der Waals surface area contributed by atoms with E-state index in [0.717, 1.165) is 22.0 Å². The van der Waals surface area contributed by atoms with Gasteiger partial charge in [0.05, 0.1) is 23.9 Å². The molecular formula is C22H21N3O3. The van der Waals surface area contributed by atoms with Gasteiger partial charge in [0.2, 0.25) is 0 Å². The van der Waals surface area contributed by atoms with Crippen LogP contribution in [0.5, 0.6) is 0 Å². The first-order valence-electron chi connectivity index (χ1n) is 9.18. The molecule has 142 valence electrons. The Hall–Kier alpha value is -3.54. The summed E-state index contributed by atoms with van der Waals surface area (Å²) >= 11 is 0. The fourth-order valence-electron chi connectivity index (χ4n) is 3.66. The molecule has 0 radical (unpaired) electrons. The summed E-state index contributed by atoms with van der Waals surface area (Å²) in [6.45, 7) is 2.02. The molecule has 0 saturated heterocycles. The Bertz CT molecular complexity index is 1080. The largest absolute Gasteiger partial charge is 0.463 e. The van der Waals surface area contributed by atoms with E-state index in [9.17, 15) is 9.59 Å². The number of fused-ring (bicyclic) bond motifs is 1. The smallest absolute Gasteiger partial charge is 0.338 e. The first-order valence-corrected chi connectivity index (χ1v) is 9.18. The van der Waals surface area contributed by atoms with E-state index >= 15 is 0 Å². The lowest BCUT2D eigenvalue weighted by Crippen LogP contribution is -2.45. The lowest BCUT2D eigenvalue weighted by Gasteiger charge is -2.29.